The third-order valence-electron chi connectivity index (χ3n) is 5.08. The minimum atomic E-state index is -4.36. The summed E-state index contributed by atoms with van der Waals surface area (Å²) in [5, 5.41) is 29.6. The van der Waals surface area contributed by atoms with Crippen molar-refractivity contribution in [2.45, 2.75) is 35.1 Å². The number of aliphatic hydroxyl groups excluding tert-OH is 3. The molecule has 0 radical (unpaired) electrons. The lowest BCUT2D eigenvalue weighted by Crippen LogP contribution is -2.53. The normalized spacial score (nSPS) is 34.2. The highest BCUT2D eigenvalue weighted by atomic mass is 32.2. The molecule has 4 rings (SSSR count). The Morgan fingerprint density at radius 1 is 1.24 bits per heavy atom. The zero-order valence-electron chi connectivity index (χ0n) is 14.9. The Kier molecular flexibility index (Phi) is 4.77. The Hall–Kier alpha value is -2.26. The number of hydrogen-bond donors (Lipinski definition) is 5. The van der Waals surface area contributed by atoms with Crippen LogP contribution in [0, 0.1) is 0 Å². The summed E-state index contributed by atoms with van der Waals surface area (Å²) >= 11 is 0. The predicted molar refractivity (Wildman–Crippen MR) is 100.0 cm³/mol. The predicted octanol–water partition coefficient (Wildman–Crippen LogP) is -2.36. The SMILES string of the molecule is NC1(c2ccc(S(=O)(=O)O)cc2)N=CN=C2C1=NCN2[C@@H]1O[C@H](CO)[C@@H](O)[C@H]1O. The minimum Gasteiger partial charge on any atom is -0.394 e. The minimum absolute atomic E-state index is 0.0200. The number of aliphatic hydroxyl groups is 3. The zero-order valence-corrected chi connectivity index (χ0v) is 15.7. The van der Waals surface area contributed by atoms with Gasteiger partial charge in [-0.3, -0.25) is 15.3 Å². The maximum Gasteiger partial charge on any atom is 0.294 e. The molecule has 0 saturated carbocycles. The van der Waals surface area contributed by atoms with Crippen LogP contribution in [0.25, 0.3) is 0 Å². The van der Waals surface area contributed by atoms with Crippen molar-refractivity contribution in [1.29, 1.82) is 0 Å². The van der Waals surface area contributed by atoms with E-state index in [1.54, 1.807) is 0 Å². The van der Waals surface area contributed by atoms with Crippen LogP contribution in [0.5, 0.6) is 0 Å². The number of nitrogens with zero attached hydrogens (tertiary/aromatic N) is 4. The molecule has 1 saturated heterocycles. The fourth-order valence-corrected chi connectivity index (χ4v) is 3.99. The number of nitrogens with two attached hydrogens (primary N) is 1. The number of rotatable bonds is 4. The molecule has 1 unspecified atom stereocenters. The molecule has 0 aromatic heterocycles. The second-order valence-corrected chi connectivity index (χ2v) is 8.23. The molecule has 156 valence electrons. The molecule has 6 N–H and O–H groups in total. The molecule has 1 aromatic rings. The summed E-state index contributed by atoms with van der Waals surface area (Å²) in [6.07, 6.45) is -3.32. The molecule has 3 heterocycles. The summed E-state index contributed by atoms with van der Waals surface area (Å²) in [6, 6.07) is 5.20. The molecule has 0 amide bonds. The van der Waals surface area contributed by atoms with Gasteiger partial charge in [-0.05, 0) is 12.1 Å². The van der Waals surface area contributed by atoms with Gasteiger partial charge in [0.15, 0.2) is 17.7 Å². The van der Waals surface area contributed by atoms with Gasteiger partial charge in [-0.15, -0.1) is 0 Å². The smallest absolute Gasteiger partial charge is 0.294 e. The number of fused-ring (bicyclic) bond motifs is 1. The highest BCUT2D eigenvalue weighted by Gasteiger charge is 2.51. The monoisotopic (exact) mass is 425 g/mol. The number of hydrogen-bond acceptors (Lipinski definition) is 11. The third-order valence-corrected chi connectivity index (χ3v) is 5.95. The van der Waals surface area contributed by atoms with E-state index in [2.05, 4.69) is 15.0 Å². The molecule has 29 heavy (non-hydrogen) atoms. The number of amidine groups is 1. The van der Waals surface area contributed by atoms with Crippen molar-refractivity contribution in [2.75, 3.05) is 13.3 Å². The summed E-state index contributed by atoms with van der Waals surface area (Å²) < 4.78 is 37.2. The van der Waals surface area contributed by atoms with E-state index >= 15 is 0 Å². The average Bonchev–Trinajstić information content (AvgIpc) is 3.24. The average molecular weight is 425 g/mol. The summed E-state index contributed by atoms with van der Waals surface area (Å²) in [7, 11) is -4.36. The van der Waals surface area contributed by atoms with E-state index in [-0.39, 0.29) is 23.1 Å². The van der Waals surface area contributed by atoms with Crippen molar-refractivity contribution in [3.05, 3.63) is 29.8 Å². The number of aliphatic imine (C=N–C) groups is 3. The Bertz CT molecular complexity index is 1010. The van der Waals surface area contributed by atoms with Gasteiger partial charge >= 0.3 is 0 Å². The van der Waals surface area contributed by atoms with Crippen molar-refractivity contribution in [3.63, 3.8) is 0 Å². The number of ether oxygens (including phenoxy) is 1. The van der Waals surface area contributed by atoms with Crippen LogP contribution in [0.1, 0.15) is 5.56 Å². The molecule has 0 spiro atoms. The lowest BCUT2D eigenvalue weighted by molar-refractivity contribution is -0.0688. The first kappa shape index (κ1) is 20.0. The van der Waals surface area contributed by atoms with Gasteiger partial charge in [0.1, 0.15) is 37.0 Å². The summed E-state index contributed by atoms with van der Waals surface area (Å²) in [5.41, 5.74) is 5.64. The van der Waals surface area contributed by atoms with Gasteiger partial charge in [0.25, 0.3) is 10.1 Å². The quantitative estimate of drug-likeness (QED) is 0.328. The number of benzene rings is 1. The van der Waals surface area contributed by atoms with E-state index in [9.17, 15) is 23.7 Å². The van der Waals surface area contributed by atoms with E-state index in [0.29, 0.717) is 5.56 Å². The largest absolute Gasteiger partial charge is 0.394 e. The first-order valence-corrected chi connectivity index (χ1v) is 10.0. The van der Waals surface area contributed by atoms with Gasteiger partial charge in [0, 0.05) is 5.56 Å². The van der Waals surface area contributed by atoms with Gasteiger partial charge in [-0.1, -0.05) is 12.1 Å². The Morgan fingerprint density at radius 3 is 2.52 bits per heavy atom. The summed E-state index contributed by atoms with van der Waals surface area (Å²) in [5.74, 6) is 0.274. The van der Waals surface area contributed by atoms with Crippen molar-refractivity contribution in [2.24, 2.45) is 20.7 Å². The van der Waals surface area contributed by atoms with E-state index in [0.717, 1.165) is 0 Å². The second-order valence-electron chi connectivity index (χ2n) is 6.81. The molecule has 1 fully saturated rings. The van der Waals surface area contributed by atoms with Crippen LogP contribution in [0.2, 0.25) is 0 Å². The molecule has 1 aromatic carbocycles. The van der Waals surface area contributed by atoms with Gasteiger partial charge < -0.3 is 25.0 Å². The van der Waals surface area contributed by atoms with Crippen LogP contribution in [0.3, 0.4) is 0 Å². The first-order chi connectivity index (χ1) is 13.7. The molecule has 0 bridgehead atoms. The third kappa shape index (κ3) is 3.16. The van der Waals surface area contributed by atoms with Gasteiger partial charge in [-0.25, -0.2) is 9.98 Å². The van der Waals surface area contributed by atoms with Crippen molar-refractivity contribution < 1.29 is 33.0 Å². The van der Waals surface area contributed by atoms with Crippen molar-refractivity contribution in [1.82, 2.24) is 4.90 Å². The summed E-state index contributed by atoms with van der Waals surface area (Å²) in [6.45, 7) is -0.447. The van der Waals surface area contributed by atoms with Crippen LogP contribution in [0.4, 0.5) is 0 Å². The van der Waals surface area contributed by atoms with E-state index in [1.807, 2.05) is 0 Å². The lowest BCUT2D eigenvalue weighted by atomic mass is 9.94. The van der Waals surface area contributed by atoms with Crippen LogP contribution in [0.15, 0.2) is 44.1 Å². The Labute approximate surface area is 165 Å². The molecule has 13 heteroatoms. The van der Waals surface area contributed by atoms with E-state index in [4.69, 9.17) is 15.0 Å². The van der Waals surface area contributed by atoms with E-state index < -0.39 is 46.9 Å². The lowest BCUT2D eigenvalue weighted by Gasteiger charge is -2.32. The molecular formula is C16H19N5O7S. The molecule has 3 aliphatic rings. The Balaban J connectivity index is 1.63. The standard InChI is InChI=1S/C16H19N5O7S/c17-16(8-1-3-9(4-2-8)29(25,26)27)13-14(18-6-20-16)21(7-19-13)15-12(24)11(23)10(5-22)28-15/h1-4,6,10-12,15,22-24H,5,7,17H2,(H,25,26,27)/t10-,11-,12-,15-,16?/m1/s1. The Morgan fingerprint density at radius 2 is 1.93 bits per heavy atom. The van der Waals surface area contributed by atoms with Gasteiger partial charge in [0.05, 0.1) is 11.5 Å². The van der Waals surface area contributed by atoms with Crippen LogP contribution in [-0.4, -0.2) is 88.9 Å². The van der Waals surface area contributed by atoms with Crippen LogP contribution < -0.4 is 5.73 Å². The first-order valence-electron chi connectivity index (χ1n) is 8.59. The fraction of sp³-hybridized carbons (Fsp3) is 0.438. The fourth-order valence-electron chi connectivity index (χ4n) is 3.51. The highest BCUT2D eigenvalue weighted by molar-refractivity contribution is 7.85. The molecule has 0 aliphatic carbocycles. The highest BCUT2D eigenvalue weighted by Crippen LogP contribution is 2.32. The molecule has 5 atom stereocenters. The molecule has 12 nitrogen and oxygen atoms in total. The maximum atomic E-state index is 11.3. The van der Waals surface area contributed by atoms with Gasteiger partial charge in [0.2, 0.25) is 0 Å². The van der Waals surface area contributed by atoms with Crippen LogP contribution >= 0.6 is 0 Å². The summed E-state index contributed by atoms with van der Waals surface area (Å²) in [4.78, 5) is 13.9. The topological polar surface area (TPSA) is 191 Å². The van der Waals surface area contributed by atoms with Gasteiger partial charge in [-0.2, -0.15) is 8.42 Å². The van der Waals surface area contributed by atoms with Crippen molar-refractivity contribution >= 4 is 28.0 Å². The van der Waals surface area contributed by atoms with E-state index in [1.165, 1.54) is 35.5 Å². The van der Waals surface area contributed by atoms with Crippen LogP contribution in [-0.2, 0) is 20.5 Å². The van der Waals surface area contributed by atoms with Crippen molar-refractivity contribution in [3.8, 4) is 0 Å². The second kappa shape index (κ2) is 6.91. The zero-order chi connectivity index (χ0) is 21.0. The molecular weight excluding hydrogens is 406 g/mol. The molecule has 3 aliphatic heterocycles. The maximum absolute atomic E-state index is 11.3.